The second-order valence-electron chi connectivity index (χ2n) is 16.5. The van der Waals surface area contributed by atoms with Gasteiger partial charge in [0.1, 0.15) is 5.82 Å². The zero-order valence-corrected chi connectivity index (χ0v) is 40.6. The molecule has 16 nitrogen and oxygen atoms in total. The molecule has 368 valence electrons. The number of likely N-dealkylation sites (tertiary alicyclic amines) is 1. The summed E-state index contributed by atoms with van der Waals surface area (Å²) in [6.07, 6.45) is 8.65. The fourth-order valence-corrected chi connectivity index (χ4v) is 9.23. The van der Waals surface area contributed by atoms with Gasteiger partial charge in [0, 0.05) is 32.4 Å². The molecule has 17 heteroatoms. The Balaban J connectivity index is 0.000000170. The Morgan fingerprint density at radius 3 is 1.83 bits per heavy atom. The normalized spacial score (nSPS) is 15.8. The number of para-hydroxylation sites is 4. The summed E-state index contributed by atoms with van der Waals surface area (Å²) in [6, 6.07) is 34.5. The fraction of sp³-hybridized carbons (Fsp3) is 0.358. The largest absolute Gasteiger partial charge is 0.462 e. The van der Waals surface area contributed by atoms with Crippen molar-refractivity contribution in [2.24, 2.45) is 11.8 Å². The lowest BCUT2D eigenvalue weighted by atomic mass is 9.94. The molecule has 2 aliphatic heterocycles. The van der Waals surface area contributed by atoms with Crippen molar-refractivity contribution in [2.75, 3.05) is 62.5 Å². The SMILES string of the molecule is CCOP(=O)(Nc1nc2ccccc2[nH]1)OCC.[2H]C([2H])(CC1CCN(C(=O)/C=C/C)CC1)OC(=O)c1ccccc1.[2H]C([2H])(CC1CCN(c2ccn3c(n2)nc2ccccc23)CC1)OC(=O)c1ccccc1. The van der Waals surface area contributed by atoms with Gasteiger partial charge in [-0.1, -0.05) is 66.7 Å². The Labute approximate surface area is 414 Å². The number of ether oxygens (including phenoxy) is 2. The van der Waals surface area contributed by atoms with E-state index in [0.717, 1.165) is 53.8 Å². The highest BCUT2D eigenvalue weighted by Gasteiger charge is 2.26. The van der Waals surface area contributed by atoms with Crippen LogP contribution in [0.3, 0.4) is 0 Å². The quantitative estimate of drug-likeness (QED) is 0.0530. The van der Waals surface area contributed by atoms with Gasteiger partial charge in [0.2, 0.25) is 17.6 Å². The predicted octanol–water partition coefficient (Wildman–Crippen LogP) is 10.6. The third-order valence-corrected chi connectivity index (χ3v) is 13.3. The second kappa shape index (κ2) is 25.7. The Bertz CT molecular complexity index is 2990. The third kappa shape index (κ3) is 14.3. The Hall–Kier alpha value is -6.87. The standard InChI is InChI=1S/C24H24N4O2.C18H23NO3.C11H16N3O3P/c29-23(19-6-2-1-3-7-19)30-17-13-18-10-14-27(15-11-18)22-12-16-28-21-9-5-4-8-20(21)25-24(28)26-22;1-2-6-17(20)19-12-9-15(10-13-19)11-14-22-18(21)16-7-4-3-5-8-16;1-3-16-18(15,17-4-2)14-11-12-9-7-5-6-8-10(9)13-11/h1-9,12,16,18H,10-11,13-15,17H2;2-8,15H,9-14H2,1H3;5-8H,3-4H2,1-2H3,(H2,12,13,14,15)/b;6-2+;/i17D2;14D2;. The molecule has 2 N–H and O–H groups in total. The lowest BCUT2D eigenvalue weighted by Gasteiger charge is -2.32. The van der Waals surface area contributed by atoms with E-state index in [9.17, 15) is 18.9 Å². The van der Waals surface area contributed by atoms with Gasteiger partial charge in [0.05, 0.1) is 65.0 Å². The lowest BCUT2D eigenvalue weighted by Crippen LogP contribution is -2.37. The Kier molecular flexibility index (Phi) is 16.7. The summed E-state index contributed by atoms with van der Waals surface area (Å²) < 4.78 is 67.0. The highest BCUT2D eigenvalue weighted by Crippen LogP contribution is 2.47. The van der Waals surface area contributed by atoms with E-state index < -0.39 is 32.8 Å². The van der Waals surface area contributed by atoms with Gasteiger partial charge in [-0.05, 0) is 132 Å². The molecule has 5 heterocycles. The first-order chi connectivity index (χ1) is 35.6. The molecule has 0 bridgehead atoms. The number of esters is 2. The van der Waals surface area contributed by atoms with Crippen molar-refractivity contribution >= 4 is 65.2 Å². The van der Waals surface area contributed by atoms with Crippen molar-refractivity contribution in [3.63, 3.8) is 0 Å². The summed E-state index contributed by atoms with van der Waals surface area (Å²) in [6.45, 7) is 4.67. The van der Waals surface area contributed by atoms with E-state index in [-0.39, 0.29) is 30.6 Å². The number of anilines is 2. The first kappa shape index (κ1) is 45.6. The Morgan fingerprint density at radius 2 is 1.26 bits per heavy atom. The number of carbonyl (C=O) groups is 3. The number of fused-ring (bicyclic) bond motifs is 4. The van der Waals surface area contributed by atoms with E-state index in [1.165, 1.54) is 0 Å². The molecule has 0 radical (unpaired) electrons. The van der Waals surface area contributed by atoms with Gasteiger partial charge in [0.15, 0.2) is 0 Å². The van der Waals surface area contributed by atoms with E-state index in [0.29, 0.717) is 62.0 Å². The van der Waals surface area contributed by atoms with E-state index in [2.05, 4.69) is 24.9 Å². The number of rotatable bonds is 16. The molecule has 0 saturated carbocycles. The topological polar surface area (TPSA) is 183 Å². The van der Waals surface area contributed by atoms with Crippen LogP contribution in [0.25, 0.3) is 27.8 Å². The van der Waals surface area contributed by atoms with Gasteiger partial charge >= 0.3 is 19.7 Å². The average Bonchev–Trinajstić information content (AvgIpc) is 3.97. The molecule has 0 aliphatic carbocycles. The number of hydrogen-bond donors (Lipinski definition) is 2. The number of nitrogens with zero attached hydrogens (tertiary/aromatic N) is 6. The van der Waals surface area contributed by atoms with Gasteiger partial charge in [-0.15, -0.1) is 0 Å². The predicted molar refractivity (Wildman–Crippen MR) is 273 cm³/mol. The lowest BCUT2D eigenvalue weighted by molar-refractivity contribution is -0.127. The summed E-state index contributed by atoms with van der Waals surface area (Å²) in [5.74, 6) is 0.885. The monoisotopic (exact) mass is 974 g/mol. The maximum absolute atomic E-state index is 12.2. The van der Waals surface area contributed by atoms with Gasteiger partial charge in [-0.3, -0.25) is 23.3 Å². The summed E-state index contributed by atoms with van der Waals surface area (Å²) in [7, 11) is -3.34. The maximum atomic E-state index is 12.2. The zero-order valence-electron chi connectivity index (χ0n) is 43.7. The number of allylic oxidation sites excluding steroid dienone is 1. The number of aromatic nitrogens is 5. The maximum Gasteiger partial charge on any atom is 0.435 e. The summed E-state index contributed by atoms with van der Waals surface area (Å²) in [4.78, 5) is 56.6. The number of nitrogens with one attached hydrogen (secondary N) is 2. The fourth-order valence-electron chi connectivity index (χ4n) is 7.98. The third-order valence-electron chi connectivity index (χ3n) is 11.7. The van der Waals surface area contributed by atoms with Crippen LogP contribution in [0.15, 0.2) is 134 Å². The van der Waals surface area contributed by atoms with Gasteiger partial charge in [0.25, 0.3) is 0 Å². The highest BCUT2D eigenvalue weighted by molar-refractivity contribution is 7.55. The number of aromatic amines is 1. The van der Waals surface area contributed by atoms with Gasteiger partial charge < -0.3 is 24.3 Å². The molecular weight excluding hydrogens is 908 g/mol. The first-order valence-corrected chi connectivity index (χ1v) is 25.2. The number of carbonyl (C=O) groups excluding carboxylic acids is 3. The van der Waals surface area contributed by atoms with Gasteiger partial charge in [-0.2, -0.15) is 4.98 Å². The molecule has 0 unspecified atom stereocenters. The molecule has 2 fully saturated rings. The minimum absolute atomic E-state index is 0.00512. The summed E-state index contributed by atoms with van der Waals surface area (Å²) >= 11 is 0. The van der Waals surface area contributed by atoms with Crippen LogP contribution in [-0.4, -0.2) is 99.6 Å². The number of H-pyrrole nitrogens is 1. The zero-order chi connectivity index (χ0) is 52.7. The minimum atomic E-state index is -3.34. The molecule has 9 rings (SSSR count). The molecular formula is C53H63N8O8P. The van der Waals surface area contributed by atoms with Crippen LogP contribution in [0, 0.1) is 11.8 Å². The molecule has 2 saturated heterocycles. The van der Waals surface area contributed by atoms with E-state index in [1.54, 1.807) is 98.5 Å². The number of benzene rings is 4. The molecule has 4 aromatic carbocycles. The van der Waals surface area contributed by atoms with Crippen molar-refractivity contribution in [1.82, 2.24) is 29.2 Å². The van der Waals surface area contributed by atoms with E-state index in [1.807, 2.05) is 65.2 Å². The number of piperidine rings is 2. The smallest absolute Gasteiger partial charge is 0.435 e. The average molecular weight is 975 g/mol. The molecule has 2 aliphatic rings. The van der Waals surface area contributed by atoms with Crippen LogP contribution in [-0.2, 0) is 27.9 Å². The Morgan fingerprint density at radius 1 is 0.714 bits per heavy atom. The van der Waals surface area contributed by atoms with Crippen molar-refractivity contribution in [3.05, 3.63) is 145 Å². The van der Waals surface area contributed by atoms with Crippen LogP contribution in [0.1, 0.15) is 85.5 Å². The van der Waals surface area contributed by atoms with Crippen LogP contribution in [0.5, 0.6) is 0 Å². The second-order valence-corrected chi connectivity index (χ2v) is 18.2. The van der Waals surface area contributed by atoms with Crippen LogP contribution >= 0.6 is 7.75 Å². The van der Waals surface area contributed by atoms with Crippen LogP contribution in [0.2, 0.25) is 0 Å². The van der Waals surface area contributed by atoms with E-state index in [4.69, 9.17) is 29.0 Å². The number of amides is 1. The van der Waals surface area contributed by atoms with Crippen molar-refractivity contribution in [3.8, 4) is 0 Å². The van der Waals surface area contributed by atoms with Gasteiger partial charge in [-0.25, -0.2) is 24.1 Å². The molecule has 1 amide bonds. The number of imidazole rings is 2. The molecule has 0 atom stereocenters. The summed E-state index contributed by atoms with van der Waals surface area (Å²) in [5, 5.41) is 2.69. The van der Waals surface area contributed by atoms with Crippen LogP contribution < -0.4 is 9.99 Å². The molecule has 70 heavy (non-hydrogen) atoms. The molecule has 7 aromatic rings. The molecule has 0 spiro atoms. The first-order valence-electron chi connectivity index (χ1n) is 25.7. The van der Waals surface area contributed by atoms with Crippen LogP contribution in [0.4, 0.5) is 11.8 Å². The van der Waals surface area contributed by atoms with Crippen molar-refractivity contribution in [2.45, 2.75) is 59.3 Å². The minimum Gasteiger partial charge on any atom is -0.462 e. The van der Waals surface area contributed by atoms with Crippen molar-refractivity contribution in [1.29, 1.82) is 0 Å². The van der Waals surface area contributed by atoms with Crippen molar-refractivity contribution < 1.29 is 43.0 Å². The van der Waals surface area contributed by atoms with E-state index >= 15 is 0 Å². The molecule has 3 aromatic heterocycles. The summed E-state index contributed by atoms with van der Waals surface area (Å²) in [5.41, 5.74) is 4.31. The number of hydrogen-bond acceptors (Lipinski definition) is 12. The highest BCUT2D eigenvalue weighted by atomic mass is 31.2.